The highest BCUT2D eigenvalue weighted by molar-refractivity contribution is 5.75. The molecule has 1 aliphatic carbocycles. The van der Waals surface area contributed by atoms with Crippen LogP contribution in [0.4, 0.5) is 0 Å². The van der Waals surface area contributed by atoms with Gasteiger partial charge in [-0.25, -0.2) is 4.79 Å². The fraction of sp³-hybridized carbons (Fsp3) is 0.833. The quantitative estimate of drug-likeness (QED) is 0.695. The summed E-state index contributed by atoms with van der Waals surface area (Å²) in [7, 11) is 0. The zero-order valence-corrected chi connectivity index (χ0v) is 10.8. The number of nitrogens with two attached hydrogens (primary N) is 1. The van der Waals surface area contributed by atoms with Crippen LogP contribution in [0.1, 0.15) is 39.5 Å². The summed E-state index contributed by atoms with van der Waals surface area (Å²) in [6, 6.07) is -0.615. The third kappa shape index (κ3) is 4.62. The molecule has 1 fully saturated rings. The minimum Gasteiger partial charge on any atom is -0.461 e. The second-order valence-corrected chi connectivity index (χ2v) is 4.74. The highest BCUT2D eigenvalue weighted by Crippen LogP contribution is 2.24. The van der Waals surface area contributed by atoms with E-state index in [2.05, 4.69) is 0 Å². The van der Waals surface area contributed by atoms with Crippen LogP contribution in [0.2, 0.25) is 0 Å². The van der Waals surface area contributed by atoms with Gasteiger partial charge in [0.2, 0.25) is 0 Å². The number of ether oxygens (including phenoxy) is 2. The summed E-state index contributed by atoms with van der Waals surface area (Å²) in [4.78, 5) is 22.5. The van der Waals surface area contributed by atoms with Crippen molar-refractivity contribution in [1.82, 2.24) is 0 Å². The van der Waals surface area contributed by atoms with Gasteiger partial charge in [-0.1, -0.05) is 0 Å². The smallest absolute Gasteiger partial charge is 0.334 e. The maximum atomic E-state index is 11.3. The Kier molecular flexibility index (Phi) is 5.55. The first-order valence-electron chi connectivity index (χ1n) is 6.24. The highest BCUT2D eigenvalue weighted by Gasteiger charge is 2.27. The van der Waals surface area contributed by atoms with Crippen molar-refractivity contribution < 1.29 is 24.2 Å². The van der Waals surface area contributed by atoms with Gasteiger partial charge in [0.1, 0.15) is 24.4 Å². The summed E-state index contributed by atoms with van der Waals surface area (Å²) in [5.74, 6) is -1.01. The Balaban J connectivity index is 2.28. The Morgan fingerprint density at radius 1 is 1.06 bits per heavy atom. The van der Waals surface area contributed by atoms with Crippen molar-refractivity contribution in [3.8, 4) is 0 Å². The van der Waals surface area contributed by atoms with Gasteiger partial charge in [0.25, 0.3) is 0 Å². The van der Waals surface area contributed by atoms with Crippen molar-refractivity contribution >= 4 is 11.9 Å². The van der Waals surface area contributed by atoms with Crippen LogP contribution in [-0.4, -0.2) is 41.4 Å². The molecular weight excluding hydrogens is 238 g/mol. The van der Waals surface area contributed by atoms with Crippen LogP contribution in [0.3, 0.4) is 0 Å². The van der Waals surface area contributed by atoms with Gasteiger partial charge >= 0.3 is 11.9 Å². The number of carbonyl (C=O) groups excluding carboxylic acids is 2. The Hall–Kier alpha value is -1.14. The molecule has 0 heterocycles. The molecule has 0 aromatic carbocycles. The third-order valence-electron chi connectivity index (χ3n) is 2.90. The first-order chi connectivity index (χ1) is 8.40. The molecule has 0 spiro atoms. The van der Waals surface area contributed by atoms with Crippen LogP contribution in [0.15, 0.2) is 0 Å². The summed E-state index contributed by atoms with van der Waals surface area (Å²) in [5.41, 5.74) is 5.41. The van der Waals surface area contributed by atoms with E-state index in [4.69, 9.17) is 20.3 Å². The average molecular weight is 259 g/mol. The van der Waals surface area contributed by atoms with Crippen molar-refractivity contribution in [2.24, 2.45) is 5.73 Å². The second-order valence-electron chi connectivity index (χ2n) is 4.74. The second kappa shape index (κ2) is 6.70. The fourth-order valence-corrected chi connectivity index (χ4v) is 1.80. The van der Waals surface area contributed by atoms with E-state index in [1.807, 2.05) is 0 Å². The number of aliphatic hydroxyl groups is 1. The average Bonchev–Trinajstić information content (AvgIpc) is 2.31. The summed E-state index contributed by atoms with van der Waals surface area (Å²) in [5, 5.41) is 9.03. The lowest BCUT2D eigenvalue weighted by molar-refractivity contribution is -0.164. The van der Waals surface area contributed by atoms with E-state index in [-0.39, 0.29) is 12.2 Å². The highest BCUT2D eigenvalue weighted by atomic mass is 16.6. The van der Waals surface area contributed by atoms with Gasteiger partial charge in [0, 0.05) is 0 Å². The Morgan fingerprint density at radius 2 is 1.44 bits per heavy atom. The topological polar surface area (TPSA) is 98.9 Å². The molecule has 1 saturated carbocycles. The lowest BCUT2D eigenvalue weighted by Gasteiger charge is -2.28. The summed E-state index contributed by atoms with van der Waals surface area (Å²) < 4.78 is 10.3. The Bertz CT molecular complexity index is 265. The lowest BCUT2D eigenvalue weighted by Crippen LogP contribution is -2.36. The summed E-state index contributed by atoms with van der Waals surface area (Å²) in [6.45, 7) is 2.96. The first kappa shape index (κ1) is 14.9. The molecular formula is C12H21NO5. The van der Waals surface area contributed by atoms with Crippen LogP contribution >= 0.6 is 0 Å². The molecule has 18 heavy (non-hydrogen) atoms. The van der Waals surface area contributed by atoms with E-state index in [1.165, 1.54) is 6.92 Å². The number of esters is 2. The molecule has 0 aromatic rings. The molecule has 0 bridgehead atoms. The van der Waals surface area contributed by atoms with Crippen molar-refractivity contribution in [2.45, 2.75) is 63.9 Å². The molecule has 3 N–H and O–H groups in total. The SMILES string of the molecule is CC(N)C(=O)OC1CCC(OC(=O)C(C)O)CC1. The molecule has 0 saturated heterocycles. The molecule has 104 valence electrons. The van der Waals surface area contributed by atoms with E-state index in [0.717, 1.165) is 0 Å². The lowest BCUT2D eigenvalue weighted by atomic mass is 9.95. The molecule has 6 nitrogen and oxygen atoms in total. The van der Waals surface area contributed by atoms with Crippen molar-refractivity contribution in [2.75, 3.05) is 0 Å². The summed E-state index contributed by atoms with van der Waals surface area (Å²) in [6.07, 6.45) is 1.12. The maximum Gasteiger partial charge on any atom is 0.334 e. The number of aliphatic hydroxyl groups excluding tert-OH is 1. The van der Waals surface area contributed by atoms with Gasteiger partial charge in [0.15, 0.2) is 0 Å². The van der Waals surface area contributed by atoms with E-state index in [1.54, 1.807) is 6.92 Å². The number of carbonyl (C=O) groups is 2. The molecule has 2 unspecified atom stereocenters. The van der Waals surface area contributed by atoms with Gasteiger partial charge in [-0.15, -0.1) is 0 Å². The first-order valence-corrected chi connectivity index (χ1v) is 6.24. The van der Waals surface area contributed by atoms with Crippen LogP contribution in [0, 0.1) is 0 Å². The Morgan fingerprint density at radius 3 is 1.78 bits per heavy atom. The molecule has 1 rings (SSSR count). The van der Waals surface area contributed by atoms with Crippen molar-refractivity contribution in [1.29, 1.82) is 0 Å². The van der Waals surface area contributed by atoms with Gasteiger partial charge in [-0.3, -0.25) is 4.79 Å². The van der Waals surface area contributed by atoms with E-state index in [9.17, 15) is 9.59 Å². The minimum absolute atomic E-state index is 0.148. The zero-order valence-electron chi connectivity index (χ0n) is 10.8. The normalized spacial score (nSPS) is 27.1. The van der Waals surface area contributed by atoms with E-state index >= 15 is 0 Å². The molecule has 1 aliphatic rings. The van der Waals surface area contributed by atoms with Gasteiger partial charge in [-0.2, -0.15) is 0 Å². The predicted octanol–water partition coefficient (Wildman–Crippen LogP) is 0.112. The predicted molar refractivity (Wildman–Crippen MR) is 63.6 cm³/mol. The third-order valence-corrected chi connectivity index (χ3v) is 2.90. The molecule has 0 aliphatic heterocycles. The molecule has 2 atom stereocenters. The fourth-order valence-electron chi connectivity index (χ4n) is 1.80. The zero-order chi connectivity index (χ0) is 13.7. The van der Waals surface area contributed by atoms with Crippen LogP contribution in [0.25, 0.3) is 0 Å². The van der Waals surface area contributed by atoms with Crippen molar-refractivity contribution in [3.05, 3.63) is 0 Å². The maximum absolute atomic E-state index is 11.3. The monoisotopic (exact) mass is 259 g/mol. The van der Waals surface area contributed by atoms with Gasteiger partial charge in [-0.05, 0) is 39.5 Å². The number of rotatable bonds is 4. The van der Waals surface area contributed by atoms with Gasteiger partial charge < -0.3 is 20.3 Å². The number of hydrogen-bond acceptors (Lipinski definition) is 6. The molecule has 0 radical (unpaired) electrons. The largest absolute Gasteiger partial charge is 0.461 e. The minimum atomic E-state index is -1.10. The van der Waals surface area contributed by atoms with Crippen LogP contribution < -0.4 is 5.73 Å². The Labute approximate surface area is 106 Å². The molecule has 0 aromatic heterocycles. The molecule has 0 amide bonds. The van der Waals surface area contributed by atoms with Gasteiger partial charge in [0.05, 0.1) is 0 Å². The van der Waals surface area contributed by atoms with Crippen molar-refractivity contribution in [3.63, 3.8) is 0 Å². The van der Waals surface area contributed by atoms with Crippen LogP contribution in [0.5, 0.6) is 0 Å². The standard InChI is InChI=1S/C12H21NO5/c1-7(13)11(15)17-9-3-5-10(6-4-9)18-12(16)8(2)14/h7-10,14H,3-6,13H2,1-2H3. The number of hydrogen-bond donors (Lipinski definition) is 2. The van der Waals surface area contributed by atoms with E-state index < -0.39 is 24.1 Å². The summed E-state index contributed by atoms with van der Waals surface area (Å²) >= 11 is 0. The van der Waals surface area contributed by atoms with Crippen LogP contribution in [-0.2, 0) is 19.1 Å². The van der Waals surface area contributed by atoms with E-state index in [0.29, 0.717) is 25.7 Å². The molecule has 6 heteroatoms.